The molecule has 13 heavy (non-hydrogen) atoms. The number of methoxy groups -OCH3 is 1. The summed E-state index contributed by atoms with van der Waals surface area (Å²) in [4.78, 5) is 0. The molecule has 0 aromatic heterocycles. The van der Waals surface area contributed by atoms with Crippen LogP contribution in [0.4, 0.5) is 0 Å². The van der Waals surface area contributed by atoms with Gasteiger partial charge in [-0.15, -0.1) is 0 Å². The van der Waals surface area contributed by atoms with Crippen LogP contribution in [0.25, 0.3) is 0 Å². The smallest absolute Gasteiger partial charge is 0.127 e. The third kappa shape index (κ3) is 1.88. The second-order valence-corrected chi connectivity index (χ2v) is 4.47. The van der Waals surface area contributed by atoms with E-state index >= 15 is 0 Å². The zero-order valence-electron chi connectivity index (χ0n) is 7.47. The van der Waals surface area contributed by atoms with Gasteiger partial charge in [-0.25, -0.2) is 0 Å². The van der Waals surface area contributed by atoms with Crippen LogP contribution in [-0.4, -0.2) is 55.4 Å². The van der Waals surface area contributed by atoms with Gasteiger partial charge in [-0.3, -0.25) is 0 Å². The molecule has 0 aliphatic carbocycles. The van der Waals surface area contributed by atoms with Crippen LogP contribution in [0.3, 0.4) is 0 Å². The van der Waals surface area contributed by atoms with E-state index in [9.17, 15) is 5.11 Å². The standard InChI is InChI=1S/C7H11BO3S.Y/c1-10-2-7-3-12-4(5(7)9)6(8)11-7;/h4-6,9H,2-3H2,1H3;. The summed E-state index contributed by atoms with van der Waals surface area (Å²) in [5.41, 5.74) is -0.538. The van der Waals surface area contributed by atoms with Gasteiger partial charge in [-0.1, -0.05) is 0 Å². The van der Waals surface area contributed by atoms with Crippen molar-refractivity contribution < 1.29 is 47.3 Å². The fraction of sp³-hybridized carbons (Fsp3) is 1.00. The average molecular weight is 275 g/mol. The molecule has 2 bridgehead atoms. The van der Waals surface area contributed by atoms with Crippen LogP contribution in [-0.2, 0) is 42.2 Å². The molecular formula is C7H11BO3SY. The van der Waals surface area contributed by atoms with Crippen molar-refractivity contribution in [2.75, 3.05) is 19.5 Å². The topological polar surface area (TPSA) is 38.7 Å². The van der Waals surface area contributed by atoms with Crippen molar-refractivity contribution in [3.8, 4) is 0 Å². The zero-order valence-corrected chi connectivity index (χ0v) is 11.1. The van der Waals surface area contributed by atoms with E-state index in [0.717, 1.165) is 5.75 Å². The maximum absolute atomic E-state index is 9.77. The Labute approximate surface area is 109 Å². The number of hydrogen-bond acceptors (Lipinski definition) is 4. The second-order valence-electron chi connectivity index (χ2n) is 3.30. The van der Waals surface area contributed by atoms with Crippen LogP contribution in [0.15, 0.2) is 0 Å². The molecule has 6 heteroatoms. The van der Waals surface area contributed by atoms with Crippen molar-refractivity contribution >= 4 is 19.6 Å². The van der Waals surface area contributed by atoms with Gasteiger partial charge in [0.2, 0.25) is 0 Å². The van der Waals surface area contributed by atoms with E-state index < -0.39 is 11.7 Å². The van der Waals surface area contributed by atoms with Gasteiger partial charge < -0.3 is 14.6 Å². The molecule has 3 nitrogen and oxygen atoms in total. The molecule has 4 atom stereocenters. The maximum Gasteiger partial charge on any atom is 0.127 e. The number of aliphatic hydroxyl groups excluding tert-OH is 1. The van der Waals surface area contributed by atoms with Crippen LogP contribution in [0.1, 0.15) is 0 Å². The summed E-state index contributed by atoms with van der Waals surface area (Å²) in [7, 11) is 7.27. The first kappa shape index (κ1) is 12.5. The van der Waals surface area contributed by atoms with Crippen LogP contribution in [0.2, 0.25) is 0 Å². The second kappa shape index (κ2) is 4.50. The minimum Gasteiger partial charge on any atom is -0.389 e. The molecule has 69 valence electrons. The quantitative estimate of drug-likeness (QED) is 0.681. The fourth-order valence-electron chi connectivity index (χ4n) is 1.83. The van der Waals surface area contributed by atoms with Crippen LogP contribution in [0, 0.1) is 0 Å². The molecule has 3 radical (unpaired) electrons. The molecule has 1 N–H and O–H groups in total. The summed E-state index contributed by atoms with van der Waals surface area (Å²) in [6.07, 6.45) is -0.475. The van der Waals surface area contributed by atoms with E-state index in [1.54, 1.807) is 18.9 Å². The van der Waals surface area contributed by atoms with Gasteiger partial charge in [0.15, 0.2) is 0 Å². The Bertz CT molecular complexity index is 197. The number of ether oxygens (including phenoxy) is 2. The largest absolute Gasteiger partial charge is 0.389 e. The minimum absolute atomic E-state index is 0. The SMILES string of the molecule is [B]C1OC2(COC)CSC1C2O.[Y]. The Morgan fingerprint density at radius 1 is 1.77 bits per heavy atom. The van der Waals surface area contributed by atoms with Gasteiger partial charge in [0.25, 0.3) is 0 Å². The normalized spacial score (nSPS) is 47.7. The summed E-state index contributed by atoms with van der Waals surface area (Å²) in [5.74, 6) is 0.778. The molecule has 0 aromatic rings. The molecule has 0 spiro atoms. The molecule has 2 saturated heterocycles. The number of fused-ring (bicyclic) bond motifs is 2. The number of rotatable bonds is 2. The molecular weight excluding hydrogens is 264 g/mol. The molecule has 0 amide bonds. The molecule has 2 heterocycles. The van der Waals surface area contributed by atoms with E-state index in [-0.39, 0.29) is 44.0 Å². The molecule has 2 fully saturated rings. The van der Waals surface area contributed by atoms with Gasteiger partial charge in [0, 0.05) is 51.6 Å². The molecule has 0 saturated carbocycles. The van der Waals surface area contributed by atoms with E-state index in [1.807, 2.05) is 0 Å². The predicted molar refractivity (Wildman–Crippen MR) is 47.5 cm³/mol. The minimum atomic E-state index is -0.538. The Morgan fingerprint density at radius 2 is 2.46 bits per heavy atom. The summed E-state index contributed by atoms with van der Waals surface area (Å²) in [6.45, 7) is 0.422. The van der Waals surface area contributed by atoms with Gasteiger partial charge >= 0.3 is 0 Å². The van der Waals surface area contributed by atoms with E-state index in [0.29, 0.717) is 6.61 Å². The first-order valence-electron chi connectivity index (χ1n) is 3.92. The van der Waals surface area contributed by atoms with Crippen molar-refractivity contribution in [3.63, 3.8) is 0 Å². The molecule has 2 aliphatic heterocycles. The van der Waals surface area contributed by atoms with Crippen molar-refractivity contribution in [1.82, 2.24) is 0 Å². The fourth-order valence-corrected chi connectivity index (χ4v) is 3.31. The first-order chi connectivity index (χ1) is 5.69. The monoisotopic (exact) mass is 275 g/mol. The molecule has 2 rings (SSSR count). The van der Waals surface area contributed by atoms with Gasteiger partial charge in [-0.2, -0.15) is 11.8 Å². The summed E-state index contributed by atoms with van der Waals surface area (Å²) in [6, 6.07) is -0.339. The van der Waals surface area contributed by atoms with Crippen molar-refractivity contribution in [2.24, 2.45) is 0 Å². The van der Waals surface area contributed by atoms with Crippen LogP contribution < -0.4 is 0 Å². The van der Waals surface area contributed by atoms with Crippen LogP contribution in [0.5, 0.6) is 0 Å². The summed E-state index contributed by atoms with van der Waals surface area (Å²) in [5, 5.41) is 9.80. The average Bonchev–Trinajstić information content (AvgIpc) is 2.41. The van der Waals surface area contributed by atoms with E-state index in [2.05, 4.69) is 0 Å². The van der Waals surface area contributed by atoms with Crippen molar-refractivity contribution in [3.05, 3.63) is 0 Å². The van der Waals surface area contributed by atoms with Gasteiger partial charge in [-0.05, 0) is 0 Å². The summed E-state index contributed by atoms with van der Waals surface area (Å²) >= 11 is 1.67. The molecule has 2 aliphatic rings. The van der Waals surface area contributed by atoms with Crippen LogP contribution >= 0.6 is 11.8 Å². The third-order valence-corrected chi connectivity index (χ3v) is 4.02. The van der Waals surface area contributed by atoms with Crippen molar-refractivity contribution in [1.29, 1.82) is 0 Å². The summed E-state index contributed by atoms with van der Waals surface area (Å²) < 4.78 is 10.5. The Hall–Kier alpha value is 1.40. The van der Waals surface area contributed by atoms with E-state index in [4.69, 9.17) is 17.3 Å². The van der Waals surface area contributed by atoms with Crippen molar-refractivity contribution in [2.45, 2.75) is 23.0 Å². The Balaban J connectivity index is 0.000000845. The third-order valence-electron chi connectivity index (χ3n) is 2.45. The number of aliphatic hydroxyl groups is 1. The van der Waals surface area contributed by atoms with E-state index in [1.165, 1.54) is 0 Å². The number of thioether (sulfide) groups is 1. The zero-order chi connectivity index (χ0) is 8.77. The first-order valence-corrected chi connectivity index (χ1v) is 4.96. The maximum atomic E-state index is 9.77. The Morgan fingerprint density at radius 3 is 2.85 bits per heavy atom. The number of hydrogen-bond donors (Lipinski definition) is 1. The molecule has 0 aromatic carbocycles. The Kier molecular flexibility index (Phi) is 4.31. The van der Waals surface area contributed by atoms with Gasteiger partial charge in [0.05, 0.1) is 18.0 Å². The van der Waals surface area contributed by atoms with Gasteiger partial charge in [0.1, 0.15) is 13.4 Å². The predicted octanol–water partition coefficient (Wildman–Crippen LogP) is -0.630. The molecule has 4 unspecified atom stereocenters.